The summed E-state index contributed by atoms with van der Waals surface area (Å²) in [5.41, 5.74) is 5.56. The molecule has 0 bridgehead atoms. The molecule has 1 atom stereocenters. The Morgan fingerprint density at radius 1 is 1.77 bits per heavy atom. The van der Waals surface area contributed by atoms with Gasteiger partial charge in [0.25, 0.3) is 0 Å². The second kappa shape index (κ2) is 5.05. The van der Waals surface area contributed by atoms with Gasteiger partial charge in [-0.1, -0.05) is 0 Å². The van der Waals surface area contributed by atoms with E-state index in [1.165, 1.54) is 0 Å². The van der Waals surface area contributed by atoms with Crippen molar-refractivity contribution >= 4 is 27.3 Å². The Morgan fingerprint density at radius 2 is 2.46 bits per heavy atom. The highest BCUT2D eigenvalue weighted by molar-refractivity contribution is 9.11. The number of rotatable bonds is 4. The molecule has 0 fully saturated rings. The predicted octanol–water partition coefficient (Wildman–Crippen LogP) is 1.68. The fourth-order valence-corrected chi connectivity index (χ4v) is 2.28. The van der Waals surface area contributed by atoms with Crippen LogP contribution in [0, 0.1) is 0 Å². The Hall–Kier alpha value is 0.0300. The van der Waals surface area contributed by atoms with Gasteiger partial charge in [-0.3, -0.25) is 4.90 Å². The minimum absolute atomic E-state index is 0.405. The van der Waals surface area contributed by atoms with Crippen LogP contribution in [0.25, 0.3) is 0 Å². The van der Waals surface area contributed by atoms with E-state index in [1.54, 1.807) is 11.3 Å². The summed E-state index contributed by atoms with van der Waals surface area (Å²) in [5.74, 6) is 0. The Balaban J connectivity index is 2.49. The lowest BCUT2D eigenvalue weighted by molar-refractivity contribution is 0.254. The molecular weight excluding hydrogens is 250 g/mol. The average Bonchev–Trinajstić information content (AvgIpc) is 2.49. The maximum absolute atomic E-state index is 5.56. The first-order valence-electron chi connectivity index (χ1n) is 4.14. The van der Waals surface area contributed by atoms with E-state index >= 15 is 0 Å². The topological polar surface area (TPSA) is 42.1 Å². The van der Waals surface area contributed by atoms with Gasteiger partial charge in [-0.15, -0.1) is 11.3 Å². The van der Waals surface area contributed by atoms with Crippen LogP contribution in [-0.2, 0) is 6.54 Å². The molecule has 0 saturated carbocycles. The summed E-state index contributed by atoms with van der Waals surface area (Å²) in [7, 11) is 2.06. The zero-order valence-electron chi connectivity index (χ0n) is 7.83. The van der Waals surface area contributed by atoms with Crippen LogP contribution in [0.15, 0.2) is 9.98 Å². The lowest BCUT2D eigenvalue weighted by Crippen LogP contribution is -2.34. The summed E-state index contributed by atoms with van der Waals surface area (Å²) in [6.07, 6.45) is 1.83. The van der Waals surface area contributed by atoms with Crippen LogP contribution < -0.4 is 5.73 Å². The zero-order chi connectivity index (χ0) is 9.84. The number of thiazole rings is 1. The van der Waals surface area contributed by atoms with Crippen molar-refractivity contribution in [3.05, 3.63) is 15.0 Å². The van der Waals surface area contributed by atoms with Gasteiger partial charge in [-0.05, 0) is 29.9 Å². The van der Waals surface area contributed by atoms with Crippen LogP contribution in [0.2, 0.25) is 0 Å². The van der Waals surface area contributed by atoms with E-state index in [9.17, 15) is 0 Å². The van der Waals surface area contributed by atoms with Crippen molar-refractivity contribution in [2.24, 2.45) is 5.73 Å². The van der Waals surface area contributed by atoms with Crippen LogP contribution in [0.4, 0.5) is 0 Å². The van der Waals surface area contributed by atoms with Crippen molar-refractivity contribution < 1.29 is 0 Å². The normalized spacial score (nSPS) is 13.6. The van der Waals surface area contributed by atoms with Gasteiger partial charge in [0.05, 0.1) is 16.5 Å². The Bertz CT molecular complexity index is 264. The first kappa shape index (κ1) is 11.1. The van der Waals surface area contributed by atoms with Gasteiger partial charge in [0.2, 0.25) is 0 Å². The molecule has 0 aromatic carbocycles. The summed E-state index contributed by atoms with van der Waals surface area (Å²) in [4.78, 5) is 6.46. The summed E-state index contributed by atoms with van der Waals surface area (Å²) >= 11 is 5.06. The second-order valence-electron chi connectivity index (χ2n) is 3.06. The van der Waals surface area contributed by atoms with Crippen LogP contribution >= 0.6 is 27.3 Å². The maximum atomic E-state index is 5.56. The standard InChI is InChI=1S/C8H14BrN3S/c1-6(3-10)12(2)5-8-11-4-7(9)13-8/h4,6H,3,5,10H2,1-2H3. The lowest BCUT2D eigenvalue weighted by atomic mass is 10.3. The quantitative estimate of drug-likeness (QED) is 0.899. The number of hydrogen-bond acceptors (Lipinski definition) is 4. The van der Waals surface area contributed by atoms with Crippen LogP contribution in [-0.4, -0.2) is 29.5 Å². The average molecular weight is 264 g/mol. The molecule has 74 valence electrons. The number of nitrogens with two attached hydrogens (primary N) is 1. The molecule has 0 amide bonds. The van der Waals surface area contributed by atoms with Crippen molar-refractivity contribution in [1.29, 1.82) is 0 Å². The van der Waals surface area contributed by atoms with Gasteiger partial charge in [-0.2, -0.15) is 0 Å². The fourth-order valence-electron chi connectivity index (χ4n) is 0.910. The van der Waals surface area contributed by atoms with E-state index in [0.717, 1.165) is 15.3 Å². The van der Waals surface area contributed by atoms with E-state index in [4.69, 9.17) is 5.73 Å². The number of nitrogens with zero attached hydrogens (tertiary/aromatic N) is 2. The molecule has 0 aliphatic rings. The lowest BCUT2D eigenvalue weighted by Gasteiger charge is -2.21. The van der Waals surface area contributed by atoms with E-state index in [1.807, 2.05) is 6.20 Å². The molecule has 5 heteroatoms. The van der Waals surface area contributed by atoms with Gasteiger partial charge in [0, 0.05) is 12.6 Å². The molecule has 1 heterocycles. The largest absolute Gasteiger partial charge is 0.329 e. The molecule has 1 rings (SSSR count). The van der Waals surface area contributed by atoms with Crippen molar-refractivity contribution in [2.75, 3.05) is 13.6 Å². The highest BCUT2D eigenvalue weighted by Gasteiger charge is 2.09. The van der Waals surface area contributed by atoms with Gasteiger partial charge in [0.15, 0.2) is 0 Å². The van der Waals surface area contributed by atoms with Gasteiger partial charge in [0.1, 0.15) is 5.01 Å². The first-order valence-corrected chi connectivity index (χ1v) is 5.75. The molecule has 0 aliphatic heterocycles. The molecule has 2 N–H and O–H groups in total. The fraction of sp³-hybridized carbons (Fsp3) is 0.625. The summed E-state index contributed by atoms with van der Waals surface area (Å²) in [5, 5.41) is 1.12. The van der Waals surface area contributed by atoms with E-state index in [0.29, 0.717) is 12.6 Å². The Kier molecular flexibility index (Phi) is 4.31. The molecule has 13 heavy (non-hydrogen) atoms. The van der Waals surface area contributed by atoms with Crippen molar-refractivity contribution in [3.8, 4) is 0 Å². The van der Waals surface area contributed by atoms with Gasteiger partial charge in [-0.25, -0.2) is 4.98 Å². The molecule has 0 spiro atoms. The van der Waals surface area contributed by atoms with Crippen LogP contribution in [0.5, 0.6) is 0 Å². The SMILES string of the molecule is CC(CN)N(C)Cc1ncc(Br)s1. The van der Waals surface area contributed by atoms with Crippen molar-refractivity contribution in [3.63, 3.8) is 0 Å². The molecule has 3 nitrogen and oxygen atoms in total. The third-order valence-electron chi connectivity index (χ3n) is 2.00. The van der Waals surface area contributed by atoms with Gasteiger partial charge < -0.3 is 5.73 Å². The van der Waals surface area contributed by atoms with E-state index in [2.05, 4.69) is 39.8 Å². The molecular formula is C8H14BrN3S. The second-order valence-corrected chi connectivity index (χ2v) is 5.55. The molecule has 1 unspecified atom stereocenters. The van der Waals surface area contributed by atoms with Crippen LogP contribution in [0.1, 0.15) is 11.9 Å². The van der Waals surface area contributed by atoms with Crippen molar-refractivity contribution in [2.45, 2.75) is 19.5 Å². The van der Waals surface area contributed by atoms with Crippen LogP contribution in [0.3, 0.4) is 0 Å². The molecule has 1 aromatic heterocycles. The monoisotopic (exact) mass is 263 g/mol. The predicted molar refractivity (Wildman–Crippen MR) is 59.8 cm³/mol. The summed E-state index contributed by atoms with van der Waals surface area (Å²) in [6.45, 7) is 3.67. The minimum atomic E-state index is 0.405. The molecule has 0 radical (unpaired) electrons. The highest BCUT2D eigenvalue weighted by atomic mass is 79.9. The Morgan fingerprint density at radius 3 is 2.92 bits per heavy atom. The smallest absolute Gasteiger partial charge is 0.108 e. The van der Waals surface area contributed by atoms with Crippen molar-refractivity contribution in [1.82, 2.24) is 9.88 Å². The van der Waals surface area contributed by atoms with E-state index in [-0.39, 0.29) is 0 Å². The number of likely N-dealkylation sites (N-methyl/N-ethyl adjacent to an activating group) is 1. The third-order valence-corrected chi connectivity index (χ3v) is 3.46. The summed E-state index contributed by atoms with van der Waals surface area (Å²) in [6, 6.07) is 0.405. The number of aromatic nitrogens is 1. The zero-order valence-corrected chi connectivity index (χ0v) is 10.2. The molecule has 0 saturated heterocycles. The highest BCUT2D eigenvalue weighted by Crippen LogP contribution is 2.20. The molecule has 1 aromatic rings. The van der Waals surface area contributed by atoms with E-state index < -0.39 is 0 Å². The summed E-state index contributed by atoms with van der Waals surface area (Å²) < 4.78 is 1.08. The molecule has 0 aliphatic carbocycles. The third kappa shape index (κ3) is 3.34. The number of hydrogen-bond donors (Lipinski definition) is 1. The maximum Gasteiger partial charge on any atom is 0.108 e. The number of halogens is 1. The Labute approximate surface area is 91.1 Å². The van der Waals surface area contributed by atoms with Gasteiger partial charge >= 0.3 is 0 Å². The first-order chi connectivity index (χ1) is 6.13. The minimum Gasteiger partial charge on any atom is -0.329 e.